The second kappa shape index (κ2) is 11.2. The van der Waals surface area contributed by atoms with Gasteiger partial charge in [0, 0.05) is 44.5 Å². The quantitative estimate of drug-likeness (QED) is 0.700. The molecule has 2 fully saturated rings. The Morgan fingerprint density at radius 2 is 1.93 bits per heavy atom. The summed E-state index contributed by atoms with van der Waals surface area (Å²) >= 11 is 0. The highest BCUT2D eigenvalue weighted by Crippen LogP contribution is 2.19. The van der Waals surface area contributed by atoms with Crippen molar-refractivity contribution < 1.29 is 13.2 Å². The number of hydrogen-bond acceptors (Lipinski definition) is 5. The molecule has 2 aliphatic heterocycles. The van der Waals surface area contributed by atoms with Crippen LogP contribution in [-0.2, 0) is 14.8 Å². The van der Waals surface area contributed by atoms with Crippen LogP contribution in [0, 0.1) is 6.92 Å². The minimum absolute atomic E-state index is 0. The van der Waals surface area contributed by atoms with Gasteiger partial charge < -0.3 is 15.5 Å². The number of piperidine rings is 1. The van der Waals surface area contributed by atoms with Crippen LogP contribution in [0.15, 0.2) is 24.3 Å². The first kappa shape index (κ1) is 25.0. The van der Waals surface area contributed by atoms with Gasteiger partial charge in [0.2, 0.25) is 15.9 Å². The number of halogens is 2. The van der Waals surface area contributed by atoms with Gasteiger partial charge in [0.1, 0.15) is 5.75 Å². The molecule has 1 amide bonds. The number of nitrogens with one attached hydrogen (secondary N) is 2. The molecule has 0 spiro atoms. The van der Waals surface area contributed by atoms with Crippen molar-refractivity contribution in [2.45, 2.75) is 25.8 Å². The van der Waals surface area contributed by atoms with Gasteiger partial charge in [-0.05, 0) is 44.0 Å². The predicted molar refractivity (Wildman–Crippen MR) is 117 cm³/mol. The topological polar surface area (TPSA) is 81.8 Å². The maximum Gasteiger partial charge on any atom is 0.236 e. The van der Waals surface area contributed by atoms with E-state index in [0.717, 1.165) is 25.1 Å². The van der Waals surface area contributed by atoms with E-state index in [-0.39, 0.29) is 30.9 Å². The highest BCUT2D eigenvalue weighted by Gasteiger charge is 2.29. The standard InChI is InChI=1S/C18H28N4O3S.2ClH/c1-15-4-2-6-17(12-15)21-8-10-22(11-9-21)26(24,25)14-18(23)20-16-5-3-7-19-13-16;;/h2,4,6,12,16,19H,3,5,7-11,13-14H2,1H3,(H,20,23);2*1H/t16-;;/m0../s1. The third kappa shape index (κ3) is 6.77. The Morgan fingerprint density at radius 3 is 2.54 bits per heavy atom. The molecule has 1 aromatic rings. The number of piperazine rings is 1. The van der Waals surface area contributed by atoms with Crippen LogP contribution in [0.5, 0.6) is 0 Å². The summed E-state index contributed by atoms with van der Waals surface area (Å²) in [7, 11) is -3.57. The number of sulfonamides is 1. The molecular formula is C18H30Cl2N4O3S. The predicted octanol–water partition coefficient (Wildman–Crippen LogP) is 1.16. The molecule has 160 valence electrons. The molecule has 0 saturated carbocycles. The van der Waals surface area contributed by atoms with E-state index in [1.807, 2.05) is 25.1 Å². The Bertz CT molecular complexity index is 734. The van der Waals surface area contributed by atoms with Crippen LogP contribution in [0.4, 0.5) is 5.69 Å². The fraction of sp³-hybridized carbons (Fsp3) is 0.611. The molecule has 3 rings (SSSR count). The Labute approximate surface area is 180 Å². The van der Waals surface area contributed by atoms with Crippen molar-refractivity contribution in [2.24, 2.45) is 0 Å². The second-order valence-corrected chi connectivity index (χ2v) is 9.06. The molecule has 0 unspecified atom stereocenters. The van der Waals surface area contributed by atoms with Gasteiger partial charge in [-0.15, -0.1) is 24.8 Å². The average Bonchev–Trinajstić information content (AvgIpc) is 2.62. The lowest BCUT2D eigenvalue weighted by molar-refractivity contribution is -0.119. The smallest absolute Gasteiger partial charge is 0.236 e. The van der Waals surface area contributed by atoms with Crippen molar-refractivity contribution >= 4 is 46.4 Å². The van der Waals surface area contributed by atoms with Crippen molar-refractivity contribution in [3.8, 4) is 0 Å². The lowest BCUT2D eigenvalue weighted by Gasteiger charge is -2.35. The molecule has 2 heterocycles. The zero-order valence-electron chi connectivity index (χ0n) is 16.1. The number of aryl methyl sites for hydroxylation is 1. The Kier molecular flexibility index (Phi) is 10.00. The zero-order chi connectivity index (χ0) is 18.6. The van der Waals surface area contributed by atoms with E-state index in [2.05, 4.69) is 21.6 Å². The number of carbonyl (C=O) groups is 1. The Morgan fingerprint density at radius 1 is 1.21 bits per heavy atom. The van der Waals surface area contributed by atoms with Crippen molar-refractivity contribution in [3.05, 3.63) is 29.8 Å². The van der Waals surface area contributed by atoms with Crippen LogP contribution in [0.3, 0.4) is 0 Å². The van der Waals surface area contributed by atoms with E-state index >= 15 is 0 Å². The third-order valence-corrected chi connectivity index (χ3v) is 6.75. The van der Waals surface area contributed by atoms with Gasteiger partial charge in [-0.2, -0.15) is 4.31 Å². The molecular weight excluding hydrogens is 423 g/mol. The third-order valence-electron chi connectivity index (χ3n) is 4.97. The molecule has 2 saturated heterocycles. The maximum atomic E-state index is 12.6. The molecule has 0 bridgehead atoms. The summed E-state index contributed by atoms with van der Waals surface area (Å²) in [6.45, 7) is 5.80. The van der Waals surface area contributed by atoms with Gasteiger partial charge in [-0.1, -0.05) is 12.1 Å². The minimum atomic E-state index is -3.57. The van der Waals surface area contributed by atoms with Crippen molar-refractivity contribution in [2.75, 3.05) is 49.9 Å². The first-order valence-electron chi connectivity index (χ1n) is 9.23. The number of nitrogens with zero attached hydrogens (tertiary/aromatic N) is 2. The second-order valence-electron chi connectivity index (χ2n) is 7.09. The number of rotatable bonds is 5. The molecule has 0 aliphatic carbocycles. The maximum absolute atomic E-state index is 12.6. The van der Waals surface area contributed by atoms with E-state index in [1.165, 1.54) is 9.87 Å². The highest BCUT2D eigenvalue weighted by atomic mass is 35.5. The number of amides is 1. The van der Waals surface area contributed by atoms with Gasteiger partial charge in [0.05, 0.1) is 0 Å². The Balaban J connectivity index is 0.00000196. The SMILES string of the molecule is Cc1cccc(N2CCN(S(=O)(=O)CC(=O)N[C@H]3CCCNC3)CC2)c1.Cl.Cl. The van der Waals surface area contributed by atoms with Crippen LogP contribution in [0.2, 0.25) is 0 Å². The number of benzene rings is 1. The van der Waals surface area contributed by atoms with E-state index < -0.39 is 21.7 Å². The van der Waals surface area contributed by atoms with E-state index in [1.54, 1.807) is 0 Å². The normalized spacial score (nSPS) is 20.6. The van der Waals surface area contributed by atoms with Crippen LogP contribution in [-0.4, -0.2) is 69.7 Å². The van der Waals surface area contributed by atoms with E-state index in [0.29, 0.717) is 32.7 Å². The molecule has 1 aromatic carbocycles. The fourth-order valence-corrected chi connectivity index (χ4v) is 4.87. The van der Waals surface area contributed by atoms with Gasteiger partial charge >= 0.3 is 0 Å². The van der Waals surface area contributed by atoms with E-state index in [9.17, 15) is 13.2 Å². The summed E-state index contributed by atoms with van der Waals surface area (Å²) in [5.41, 5.74) is 2.30. The van der Waals surface area contributed by atoms with Crippen molar-refractivity contribution in [1.29, 1.82) is 0 Å². The largest absolute Gasteiger partial charge is 0.369 e. The van der Waals surface area contributed by atoms with Gasteiger partial charge in [0.15, 0.2) is 0 Å². The number of carbonyl (C=O) groups excluding carboxylic acids is 1. The minimum Gasteiger partial charge on any atom is -0.369 e. The average molecular weight is 453 g/mol. The van der Waals surface area contributed by atoms with Gasteiger partial charge in [-0.3, -0.25) is 4.79 Å². The number of hydrogen-bond donors (Lipinski definition) is 2. The Hall–Kier alpha value is -1.06. The molecule has 1 atom stereocenters. The summed E-state index contributed by atoms with van der Waals surface area (Å²) in [5, 5.41) is 6.05. The molecule has 2 N–H and O–H groups in total. The highest BCUT2D eigenvalue weighted by molar-refractivity contribution is 7.89. The molecule has 0 radical (unpaired) electrons. The summed E-state index contributed by atoms with van der Waals surface area (Å²) < 4.78 is 26.6. The van der Waals surface area contributed by atoms with Gasteiger partial charge in [-0.25, -0.2) is 8.42 Å². The molecule has 2 aliphatic rings. The molecule has 28 heavy (non-hydrogen) atoms. The van der Waals surface area contributed by atoms with Crippen LogP contribution in [0.25, 0.3) is 0 Å². The monoisotopic (exact) mass is 452 g/mol. The fourth-order valence-electron chi connectivity index (χ4n) is 3.55. The van der Waals surface area contributed by atoms with Crippen LogP contribution >= 0.6 is 24.8 Å². The summed E-state index contributed by atoms with van der Waals surface area (Å²) in [5.74, 6) is -0.867. The first-order chi connectivity index (χ1) is 12.4. The summed E-state index contributed by atoms with van der Waals surface area (Å²) in [6, 6.07) is 8.24. The summed E-state index contributed by atoms with van der Waals surface area (Å²) in [4.78, 5) is 14.3. The van der Waals surface area contributed by atoms with Crippen LogP contribution in [0.1, 0.15) is 18.4 Å². The lowest BCUT2D eigenvalue weighted by atomic mass is 10.1. The van der Waals surface area contributed by atoms with Crippen molar-refractivity contribution in [1.82, 2.24) is 14.9 Å². The lowest BCUT2D eigenvalue weighted by Crippen LogP contribution is -2.52. The number of anilines is 1. The first-order valence-corrected chi connectivity index (χ1v) is 10.8. The molecule has 7 nitrogen and oxygen atoms in total. The molecule has 0 aromatic heterocycles. The molecule has 10 heteroatoms. The summed E-state index contributed by atoms with van der Waals surface area (Å²) in [6.07, 6.45) is 1.90. The van der Waals surface area contributed by atoms with Crippen molar-refractivity contribution in [3.63, 3.8) is 0 Å². The van der Waals surface area contributed by atoms with E-state index in [4.69, 9.17) is 0 Å². The van der Waals surface area contributed by atoms with Crippen LogP contribution < -0.4 is 15.5 Å². The zero-order valence-corrected chi connectivity index (χ0v) is 18.5. The van der Waals surface area contributed by atoms with Gasteiger partial charge in [0.25, 0.3) is 0 Å².